The van der Waals surface area contributed by atoms with E-state index in [0.717, 1.165) is 34.7 Å². The molecule has 0 saturated carbocycles. The molecule has 2 N–H and O–H groups in total. The van der Waals surface area contributed by atoms with Crippen molar-refractivity contribution in [1.82, 2.24) is 9.78 Å². The first-order valence-corrected chi connectivity index (χ1v) is 6.41. The van der Waals surface area contributed by atoms with Gasteiger partial charge in [-0.25, -0.2) is 0 Å². The highest BCUT2D eigenvalue weighted by Gasteiger charge is 2.12. The number of methoxy groups -OCH3 is 1. The predicted octanol–water partition coefficient (Wildman–Crippen LogP) is 2.29. The van der Waals surface area contributed by atoms with E-state index < -0.39 is 0 Å². The zero-order valence-corrected chi connectivity index (χ0v) is 12.0. The molecular weight excluding hydrogens is 238 g/mol. The standard InChI is InChI=1S/C15H21N3O/c1-10-5-6-12(8-15(10)19-4)14(16)9-13-7-11(2)17-18(13)3/h5-8,14H,9,16H2,1-4H3. The van der Waals surface area contributed by atoms with Crippen LogP contribution in [0.3, 0.4) is 0 Å². The summed E-state index contributed by atoms with van der Waals surface area (Å²) in [5, 5.41) is 4.34. The summed E-state index contributed by atoms with van der Waals surface area (Å²) in [6.45, 7) is 4.02. The van der Waals surface area contributed by atoms with Gasteiger partial charge in [-0.3, -0.25) is 4.68 Å². The Labute approximate surface area is 114 Å². The predicted molar refractivity (Wildman–Crippen MR) is 76.3 cm³/mol. The number of nitrogens with two attached hydrogens (primary N) is 1. The minimum atomic E-state index is -0.0516. The van der Waals surface area contributed by atoms with Crippen molar-refractivity contribution in [2.45, 2.75) is 26.3 Å². The second-order valence-corrected chi connectivity index (χ2v) is 4.94. The third kappa shape index (κ3) is 2.96. The normalized spacial score (nSPS) is 12.5. The van der Waals surface area contributed by atoms with Crippen LogP contribution in [0.2, 0.25) is 0 Å². The molecule has 0 fully saturated rings. The molecule has 1 aromatic heterocycles. The largest absolute Gasteiger partial charge is 0.496 e. The Morgan fingerprint density at radius 2 is 2.05 bits per heavy atom. The molecule has 2 aromatic rings. The van der Waals surface area contributed by atoms with Crippen molar-refractivity contribution in [2.75, 3.05) is 7.11 Å². The van der Waals surface area contributed by atoms with E-state index in [0.29, 0.717) is 0 Å². The van der Waals surface area contributed by atoms with Crippen LogP contribution in [0.1, 0.15) is 28.6 Å². The monoisotopic (exact) mass is 259 g/mol. The molecule has 102 valence electrons. The fourth-order valence-electron chi connectivity index (χ4n) is 2.27. The number of benzene rings is 1. The van der Waals surface area contributed by atoms with Crippen LogP contribution in [-0.4, -0.2) is 16.9 Å². The summed E-state index contributed by atoms with van der Waals surface area (Å²) in [6.07, 6.45) is 0.767. The first-order valence-electron chi connectivity index (χ1n) is 6.41. The first-order chi connectivity index (χ1) is 9.01. The number of hydrogen-bond donors (Lipinski definition) is 1. The molecule has 1 unspecified atom stereocenters. The zero-order valence-electron chi connectivity index (χ0n) is 12.0. The summed E-state index contributed by atoms with van der Waals surface area (Å²) in [5.74, 6) is 0.883. The molecule has 0 saturated heterocycles. The second kappa shape index (κ2) is 5.45. The van der Waals surface area contributed by atoms with E-state index in [4.69, 9.17) is 10.5 Å². The average molecular weight is 259 g/mol. The van der Waals surface area contributed by atoms with Crippen LogP contribution in [0.5, 0.6) is 5.75 Å². The Kier molecular flexibility index (Phi) is 3.90. The van der Waals surface area contributed by atoms with Crippen LogP contribution in [0.15, 0.2) is 24.3 Å². The van der Waals surface area contributed by atoms with Gasteiger partial charge in [0.05, 0.1) is 12.8 Å². The molecule has 2 rings (SSSR count). The Morgan fingerprint density at radius 3 is 2.63 bits per heavy atom. The molecule has 0 bridgehead atoms. The highest BCUT2D eigenvalue weighted by molar-refractivity contribution is 5.38. The summed E-state index contributed by atoms with van der Waals surface area (Å²) >= 11 is 0. The van der Waals surface area contributed by atoms with Crippen molar-refractivity contribution >= 4 is 0 Å². The quantitative estimate of drug-likeness (QED) is 0.916. The zero-order chi connectivity index (χ0) is 14.0. The summed E-state index contributed by atoms with van der Waals surface area (Å²) < 4.78 is 7.23. The van der Waals surface area contributed by atoms with E-state index in [1.54, 1.807) is 7.11 Å². The molecule has 0 radical (unpaired) electrons. The van der Waals surface area contributed by atoms with Gasteiger partial charge in [-0.1, -0.05) is 12.1 Å². The van der Waals surface area contributed by atoms with Crippen molar-refractivity contribution in [3.8, 4) is 5.75 Å². The van der Waals surface area contributed by atoms with E-state index in [9.17, 15) is 0 Å². The summed E-state index contributed by atoms with van der Waals surface area (Å²) in [6, 6.07) is 8.15. The molecule has 0 spiro atoms. The molecule has 19 heavy (non-hydrogen) atoms. The highest BCUT2D eigenvalue weighted by Crippen LogP contribution is 2.24. The summed E-state index contributed by atoms with van der Waals surface area (Å²) in [4.78, 5) is 0. The van der Waals surface area contributed by atoms with Gasteiger partial charge >= 0.3 is 0 Å². The lowest BCUT2D eigenvalue weighted by Crippen LogP contribution is -2.15. The van der Waals surface area contributed by atoms with Crippen LogP contribution in [0, 0.1) is 13.8 Å². The van der Waals surface area contributed by atoms with Gasteiger partial charge in [-0.05, 0) is 37.1 Å². The van der Waals surface area contributed by atoms with Crippen molar-refractivity contribution in [3.05, 3.63) is 46.8 Å². The van der Waals surface area contributed by atoms with E-state index in [1.807, 2.05) is 37.7 Å². The van der Waals surface area contributed by atoms with Crippen LogP contribution in [0.25, 0.3) is 0 Å². The number of aromatic nitrogens is 2. The number of hydrogen-bond acceptors (Lipinski definition) is 3. The lowest BCUT2D eigenvalue weighted by Gasteiger charge is -2.14. The van der Waals surface area contributed by atoms with Crippen molar-refractivity contribution in [2.24, 2.45) is 12.8 Å². The number of ether oxygens (including phenoxy) is 1. The van der Waals surface area contributed by atoms with Gasteiger partial charge in [-0.15, -0.1) is 0 Å². The van der Waals surface area contributed by atoms with Crippen LogP contribution in [-0.2, 0) is 13.5 Å². The van der Waals surface area contributed by atoms with Gasteiger partial charge in [0, 0.05) is 25.2 Å². The Hall–Kier alpha value is -1.81. The van der Waals surface area contributed by atoms with E-state index in [2.05, 4.69) is 17.2 Å². The van der Waals surface area contributed by atoms with Gasteiger partial charge in [0.2, 0.25) is 0 Å². The molecule has 1 aromatic carbocycles. The smallest absolute Gasteiger partial charge is 0.122 e. The third-order valence-corrected chi connectivity index (χ3v) is 3.39. The number of rotatable bonds is 4. The SMILES string of the molecule is COc1cc(C(N)Cc2cc(C)nn2C)ccc1C. The number of nitrogens with zero attached hydrogens (tertiary/aromatic N) is 2. The molecule has 4 nitrogen and oxygen atoms in total. The van der Waals surface area contributed by atoms with Gasteiger partial charge in [0.15, 0.2) is 0 Å². The van der Waals surface area contributed by atoms with Crippen molar-refractivity contribution in [1.29, 1.82) is 0 Å². The molecule has 1 heterocycles. The fraction of sp³-hybridized carbons (Fsp3) is 0.400. The molecular formula is C15H21N3O. The van der Waals surface area contributed by atoms with E-state index in [-0.39, 0.29) is 6.04 Å². The Balaban J connectivity index is 2.20. The van der Waals surface area contributed by atoms with Crippen LogP contribution in [0.4, 0.5) is 0 Å². The van der Waals surface area contributed by atoms with Crippen molar-refractivity contribution < 1.29 is 4.74 Å². The minimum absolute atomic E-state index is 0.0516. The molecule has 0 aliphatic heterocycles. The maximum atomic E-state index is 6.28. The fourth-order valence-corrected chi connectivity index (χ4v) is 2.27. The lowest BCUT2D eigenvalue weighted by molar-refractivity contribution is 0.410. The molecule has 1 atom stereocenters. The summed E-state index contributed by atoms with van der Waals surface area (Å²) in [7, 11) is 3.63. The maximum absolute atomic E-state index is 6.28. The summed E-state index contributed by atoms with van der Waals surface area (Å²) in [5.41, 5.74) is 10.6. The second-order valence-electron chi connectivity index (χ2n) is 4.94. The van der Waals surface area contributed by atoms with E-state index in [1.165, 1.54) is 0 Å². The van der Waals surface area contributed by atoms with Crippen LogP contribution < -0.4 is 10.5 Å². The minimum Gasteiger partial charge on any atom is -0.496 e. The topological polar surface area (TPSA) is 53.1 Å². The van der Waals surface area contributed by atoms with Crippen molar-refractivity contribution in [3.63, 3.8) is 0 Å². The van der Waals surface area contributed by atoms with Crippen LogP contribution >= 0.6 is 0 Å². The lowest BCUT2D eigenvalue weighted by atomic mass is 10.0. The average Bonchev–Trinajstić information content (AvgIpc) is 2.68. The van der Waals surface area contributed by atoms with E-state index >= 15 is 0 Å². The Morgan fingerprint density at radius 1 is 1.32 bits per heavy atom. The molecule has 0 aliphatic rings. The van der Waals surface area contributed by atoms with Gasteiger partial charge < -0.3 is 10.5 Å². The number of aryl methyl sites for hydroxylation is 3. The molecule has 4 heteroatoms. The molecule has 0 amide bonds. The maximum Gasteiger partial charge on any atom is 0.122 e. The third-order valence-electron chi connectivity index (χ3n) is 3.39. The Bertz CT molecular complexity index is 575. The highest BCUT2D eigenvalue weighted by atomic mass is 16.5. The van der Waals surface area contributed by atoms with Gasteiger partial charge in [-0.2, -0.15) is 5.10 Å². The molecule has 0 aliphatic carbocycles. The first kappa shape index (κ1) is 13.6. The van der Waals surface area contributed by atoms with Gasteiger partial charge in [0.25, 0.3) is 0 Å². The van der Waals surface area contributed by atoms with Gasteiger partial charge in [0.1, 0.15) is 5.75 Å².